The molecule has 0 aliphatic carbocycles. The summed E-state index contributed by atoms with van der Waals surface area (Å²) < 4.78 is 0. The van der Waals surface area contributed by atoms with E-state index in [0.717, 1.165) is 19.4 Å². The number of anilines is 1. The smallest absolute Gasteiger partial charge is 0.293 e. The Bertz CT molecular complexity index is 561. The number of nitro groups is 1. The van der Waals surface area contributed by atoms with Crippen molar-refractivity contribution in [2.45, 2.75) is 31.8 Å². The quantitative estimate of drug-likeness (QED) is 0.648. The number of piperidine rings is 1. The molecule has 3 N–H and O–H groups in total. The summed E-state index contributed by atoms with van der Waals surface area (Å²) in [6.45, 7) is 3.09. The maximum absolute atomic E-state index is 11.2. The molecular weight excluding hydrogens is 272 g/mol. The van der Waals surface area contributed by atoms with E-state index in [0.29, 0.717) is 11.7 Å². The van der Waals surface area contributed by atoms with Gasteiger partial charge >= 0.3 is 0 Å². The first-order valence-corrected chi connectivity index (χ1v) is 6.93. The van der Waals surface area contributed by atoms with Crippen LogP contribution in [0.25, 0.3) is 0 Å². The first kappa shape index (κ1) is 15.2. The highest BCUT2D eigenvalue weighted by Gasteiger charge is 2.25. The Kier molecular flexibility index (Phi) is 4.42. The van der Waals surface area contributed by atoms with Gasteiger partial charge < -0.3 is 16.0 Å². The molecule has 0 spiro atoms. The number of rotatable bonds is 4. The Balaban J connectivity index is 2.19. The Morgan fingerprint density at radius 1 is 1.52 bits per heavy atom. The second-order valence-corrected chi connectivity index (χ2v) is 5.55. The Hall–Kier alpha value is -2.15. The molecule has 2 unspecified atom stereocenters. The third kappa shape index (κ3) is 3.49. The average Bonchev–Trinajstić information content (AvgIpc) is 2.43. The van der Waals surface area contributed by atoms with Crippen LogP contribution in [-0.2, 0) is 0 Å². The average molecular weight is 292 g/mol. The SMILES string of the molecule is CC1CC(Nc2ccc(C(N)=O)cc2[N+](=O)[O-])CCN1C. The van der Waals surface area contributed by atoms with Crippen molar-refractivity contribution in [3.63, 3.8) is 0 Å². The van der Waals surface area contributed by atoms with E-state index in [1.807, 2.05) is 0 Å². The van der Waals surface area contributed by atoms with Crippen LogP contribution in [0.5, 0.6) is 0 Å². The van der Waals surface area contributed by atoms with Gasteiger partial charge in [0, 0.05) is 30.3 Å². The number of primary amides is 1. The standard InChI is InChI=1S/C14H20N4O3/c1-9-7-11(5-6-17(9)2)16-12-4-3-10(14(15)19)8-13(12)18(20)21/h3-4,8-9,11,16H,5-7H2,1-2H3,(H2,15,19). The zero-order valence-corrected chi connectivity index (χ0v) is 12.2. The fraction of sp³-hybridized carbons (Fsp3) is 0.500. The molecule has 0 saturated carbocycles. The molecule has 2 atom stereocenters. The molecule has 1 fully saturated rings. The maximum atomic E-state index is 11.2. The number of nitro benzene ring substituents is 1. The number of nitrogens with zero attached hydrogens (tertiary/aromatic N) is 2. The fourth-order valence-corrected chi connectivity index (χ4v) is 2.60. The molecule has 7 nitrogen and oxygen atoms in total. The van der Waals surface area contributed by atoms with Gasteiger partial charge in [-0.2, -0.15) is 0 Å². The molecule has 114 valence electrons. The molecule has 1 aliphatic rings. The van der Waals surface area contributed by atoms with Crippen molar-refractivity contribution in [3.8, 4) is 0 Å². The van der Waals surface area contributed by atoms with Crippen LogP contribution in [0.2, 0.25) is 0 Å². The van der Waals surface area contributed by atoms with Crippen LogP contribution in [0.15, 0.2) is 18.2 Å². The van der Waals surface area contributed by atoms with Crippen molar-refractivity contribution < 1.29 is 9.72 Å². The predicted molar refractivity (Wildman–Crippen MR) is 80.4 cm³/mol. The lowest BCUT2D eigenvalue weighted by Gasteiger charge is -2.35. The summed E-state index contributed by atoms with van der Waals surface area (Å²) in [5.41, 5.74) is 5.63. The summed E-state index contributed by atoms with van der Waals surface area (Å²) in [6, 6.07) is 4.91. The zero-order chi connectivity index (χ0) is 15.6. The summed E-state index contributed by atoms with van der Waals surface area (Å²) in [6.07, 6.45) is 1.85. The van der Waals surface area contributed by atoms with Crippen molar-refractivity contribution in [2.24, 2.45) is 5.73 Å². The molecule has 1 aliphatic heterocycles. The van der Waals surface area contributed by atoms with Gasteiger partial charge in [-0.25, -0.2) is 0 Å². The Morgan fingerprint density at radius 3 is 2.81 bits per heavy atom. The van der Waals surface area contributed by atoms with Gasteiger partial charge in [0.05, 0.1) is 4.92 Å². The van der Waals surface area contributed by atoms with Crippen LogP contribution < -0.4 is 11.1 Å². The van der Waals surface area contributed by atoms with E-state index in [9.17, 15) is 14.9 Å². The Labute approximate surface area is 123 Å². The topological polar surface area (TPSA) is 101 Å². The molecule has 21 heavy (non-hydrogen) atoms. The molecule has 1 amide bonds. The van der Waals surface area contributed by atoms with Crippen LogP contribution in [0.3, 0.4) is 0 Å². The van der Waals surface area contributed by atoms with Crippen molar-refractivity contribution in [1.82, 2.24) is 4.90 Å². The first-order valence-electron chi connectivity index (χ1n) is 6.93. The monoisotopic (exact) mass is 292 g/mol. The van der Waals surface area contributed by atoms with Gasteiger partial charge in [0.2, 0.25) is 5.91 Å². The second-order valence-electron chi connectivity index (χ2n) is 5.55. The number of likely N-dealkylation sites (tertiary alicyclic amines) is 1. The van der Waals surface area contributed by atoms with Crippen LogP contribution in [0, 0.1) is 10.1 Å². The summed E-state index contributed by atoms with van der Waals surface area (Å²) in [4.78, 5) is 24.1. The number of amides is 1. The van der Waals surface area contributed by atoms with Crippen molar-refractivity contribution in [3.05, 3.63) is 33.9 Å². The van der Waals surface area contributed by atoms with Gasteiger partial charge in [0.15, 0.2) is 0 Å². The van der Waals surface area contributed by atoms with E-state index in [1.165, 1.54) is 12.1 Å². The fourth-order valence-electron chi connectivity index (χ4n) is 2.60. The maximum Gasteiger partial charge on any atom is 0.293 e. The molecule has 1 aromatic carbocycles. The number of nitrogens with one attached hydrogen (secondary N) is 1. The summed E-state index contributed by atoms with van der Waals surface area (Å²) in [7, 11) is 2.07. The summed E-state index contributed by atoms with van der Waals surface area (Å²) in [5, 5.41) is 14.4. The number of benzene rings is 1. The van der Waals surface area contributed by atoms with E-state index in [-0.39, 0.29) is 17.3 Å². The number of nitrogens with two attached hydrogens (primary N) is 1. The predicted octanol–water partition coefficient (Wildman–Crippen LogP) is 1.59. The highest BCUT2D eigenvalue weighted by atomic mass is 16.6. The minimum Gasteiger partial charge on any atom is -0.377 e. The van der Waals surface area contributed by atoms with Crippen molar-refractivity contribution in [1.29, 1.82) is 0 Å². The molecular formula is C14H20N4O3. The molecule has 0 radical (unpaired) electrons. The molecule has 1 heterocycles. The normalized spacial score (nSPS) is 22.8. The highest BCUT2D eigenvalue weighted by Crippen LogP contribution is 2.28. The lowest BCUT2D eigenvalue weighted by Crippen LogP contribution is -2.42. The van der Waals surface area contributed by atoms with Gasteiger partial charge in [0.25, 0.3) is 5.69 Å². The van der Waals surface area contributed by atoms with E-state index in [2.05, 4.69) is 24.2 Å². The van der Waals surface area contributed by atoms with Crippen LogP contribution in [0.1, 0.15) is 30.1 Å². The molecule has 1 saturated heterocycles. The molecule has 2 rings (SSSR count). The summed E-state index contributed by atoms with van der Waals surface area (Å²) >= 11 is 0. The molecule has 0 bridgehead atoms. The zero-order valence-electron chi connectivity index (χ0n) is 12.2. The molecule has 7 heteroatoms. The third-order valence-corrected chi connectivity index (χ3v) is 4.05. The van der Waals surface area contributed by atoms with Gasteiger partial charge in [-0.15, -0.1) is 0 Å². The number of carbonyl (C=O) groups excluding carboxylic acids is 1. The number of carbonyl (C=O) groups is 1. The number of hydrogen-bond acceptors (Lipinski definition) is 5. The van der Waals surface area contributed by atoms with Gasteiger partial charge in [-0.3, -0.25) is 14.9 Å². The Morgan fingerprint density at radius 2 is 2.24 bits per heavy atom. The largest absolute Gasteiger partial charge is 0.377 e. The van der Waals surface area contributed by atoms with Gasteiger partial charge in [-0.05, 0) is 38.9 Å². The molecule has 0 aromatic heterocycles. The molecule has 1 aromatic rings. The van der Waals surface area contributed by atoms with E-state index in [1.54, 1.807) is 6.07 Å². The van der Waals surface area contributed by atoms with E-state index in [4.69, 9.17) is 5.73 Å². The number of hydrogen-bond donors (Lipinski definition) is 2. The van der Waals surface area contributed by atoms with Crippen molar-refractivity contribution in [2.75, 3.05) is 18.9 Å². The van der Waals surface area contributed by atoms with Crippen LogP contribution >= 0.6 is 0 Å². The third-order valence-electron chi connectivity index (χ3n) is 4.05. The van der Waals surface area contributed by atoms with Crippen molar-refractivity contribution >= 4 is 17.3 Å². The van der Waals surface area contributed by atoms with Crippen LogP contribution in [0.4, 0.5) is 11.4 Å². The lowest BCUT2D eigenvalue weighted by atomic mass is 9.98. The van der Waals surface area contributed by atoms with E-state index < -0.39 is 10.8 Å². The summed E-state index contributed by atoms with van der Waals surface area (Å²) in [5.74, 6) is -0.669. The first-order chi connectivity index (χ1) is 9.88. The lowest BCUT2D eigenvalue weighted by molar-refractivity contribution is -0.384. The van der Waals surface area contributed by atoms with Crippen LogP contribution in [-0.4, -0.2) is 41.4 Å². The van der Waals surface area contributed by atoms with E-state index >= 15 is 0 Å². The second kappa shape index (κ2) is 6.09. The van der Waals surface area contributed by atoms with Gasteiger partial charge in [0.1, 0.15) is 5.69 Å². The highest BCUT2D eigenvalue weighted by molar-refractivity contribution is 5.94. The minimum absolute atomic E-state index is 0.113. The minimum atomic E-state index is -0.669. The van der Waals surface area contributed by atoms with Gasteiger partial charge in [-0.1, -0.05) is 0 Å².